The maximum absolute atomic E-state index is 11.3. The molecule has 0 aromatic heterocycles. The highest BCUT2D eigenvalue weighted by Crippen LogP contribution is 2.23. The van der Waals surface area contributed by atoms with Crippen molar-refractivity contribution in [3.63, 3.8) is 0 Å². The number of ether oxygens (including phenoxy) is 1. The Kier molecular flexibility index (Phi) is 38.2. The maximum atomic E-state index is 11.3. The molecular formula is C30H67F5O2. The zero-order valence-corrected chi connectivity index (χ0v) is 26.3. The predicted octanol–water partition coefficient (Wildman–Crippen LogP) is 11.5. The molecule has 0 aliphatic rings. The van der Waals surface area contributed by atoms with Gasteiger partial charge in [-0.05, 0) is 77.0 Å². The summed E-state index contributed by atoms with van der Waals surface area (Å²) in [6, 6.07) is 0. The van der Waals surface area contributed by atoms with E-state index in [0.717, 1.165) is 24.9 Å². The maximum Gasteiger partial charge on any atom is 0.389 e. The van der Waals surface area contributed by atoms with Gasteiger partial charge >= 0.3 is 6.18 Å². The second-order valence-electron chi connectivity index (χ2n) is 12.2. The Morgan fingerprint density at radius 3 is 0.946 bits per heavy atom. The molecule has 0 fully saturated rings. The molecule has 0 aliphatic carbocycles. The first-order chi connectivity index (χ1) is 15.9. The normalized spacial score (nSPS) is 11.4. The lowest BCUT2D eigenvalue weighted by molar-refractivity contribution is -0.141. The summed E-state index contributed by atoms with van der Waals surface area (Å²) in [5.74, 6) is 2.19. The Bertz CT molecular complexity index is 365. The highest BCUT2D eigenvalue weighted by molar-refractivity contribution is 4.66. The van der Waals surface area contributed by atoms with Crippen LogP contribution in [0.4, 0.5) is 22.0 Å². The fraction of sp³-hybridized carbons (Fsp3) is 1.00. The summed E-state index contributed by atoms with van der Waals surface area (Å²) in [7, 11) is 0. The first-order valence-electron chi connectivity index (χ1n) is 13.5. The lowest BCUT2D eigenvalue weighted by Crippen LogP contribution is -2.20. The van der Waals surface area contributed by atoms with E-state index in [1.165, 1.54) is 6.42 Å². The zero-order valence-electron chi connectivity index (χ0n) is 26.3. The van der Waals surface area contributed by atoms with Crippen molar-refractivity contribution in [1.29, 1.82) is 0 Å². The molecule has 37 heavy (non-hydrogen) atoms. The fourth-order valence-electron chi connectivity index (χ4n) is 3.09. The van der Waals surface area contributed by atoms with Crippen LogP contribution in [0.2, 0.25) is 0 Å². The lowest BCUT2D eigenvalue weighted by atomic mass is 9.97. The molecule has 0 unspecified atom stereocenters. The van der Waals surface area contributed by atoms with Gasteiger partial charge in [0.2, 0.25) is 6.43 Å². The second kappa shape index (κ2) is 28.6. The predicted molar refractivity (Wildman–Crippen MR) is 155 cm³/mol. The standard InChI is InChI=1S/C7H16O.C7H16.C5H9F3.C5H10F2.C5H12O.CH4/c1-6(2)5-7(3,4)8;1-6(2)5-7(3)4;1-4(2)3-5(6,7)8;1-4(2)3-5(6)7;1-4-6-5(2)3;/h6,8H,5H2,1-4H3;6-7H,5H2,1-4H3;4H,3H2,1-2H3;4-5H,3H2,1-2H3;5H,4H2,1-3H3;1H4. The molecule has 0 saturated heterocycles. The van der Waals surface area contributed by atoms with E-state index in [9.17, 15) is 27.1 Å². The largest absolute Gasteiger partial charge is 0.390 e. The number of hydrogen-bond acceptors (Lipinski definition) is 2. The van der Waals surface area contributed by atoms with E-state index in [0.29, 0.717) is 12.0 Å². The van der Waals surface area contributed by atoms with E-state index in [4.69, 9.17) is 4.74 Å². The van der Waals surface area contributed by atoms with Crippen molar-refractivity contribution < 1.29 is 31.8 Å². The van der Waals surface area contributed by atoms with Crippen LogP contribution < -0.4 is 0 Å². The summed E-state index contributed by atoms with van der Waals surface area (Å²) in [6.07, 6.45) is -4.11. The monoisotopic (exact) mass is 555 g/mol. The molecule has 0 rings (SSSR count). The van der Waals surface area contributed by atoms with E-state index < -0.39 is 24.6 Å². The number of hydrogen-bond donors (Lipinski definition) is 1. The van der Waals surface area contributed by atoms with E-state index in [2.05, 4.69) is 41.5 Å². The van der Waals surface area contributed by atoms with Crippen LogP contribution in [-0.2, 0) is 4.74 Å². The summed E-state index contributed by atoms with van der Waals surface area (Å²) in [6.45, 7) is 30.5. The minimum absolute atomic E-state index is 0. The van der Waals surface area contributed by atoms with Gasteiger partial charge in [0.05, 0.1) is 11.7 Å². The van der Waals surface area contributed by atoms with Crippen LogP contribution >= 0.6 is 0 Å². The molecule has 0 aromatic rings. The smallest absolute Gasteiger partial charge is 0.389 e. The van der Waals surface area contributed by atoms with Gasteiger partial charge in [-0.25, -0.2) is 8.78 Å². The summed E-state index contributed by atoms with van der Waals surface area (Å²) in [5.41, 5.74) is -0.478. The van der Waals surface area contributed by atoms with Gasteiger partial charge in [-0.1, -0.05) is 76.7 Å². The van der Waals surface area contributed by atoms with Crippen LogP contribution in [0.5, 0.6) is 0 Å². The molecule has 7 heteroatoms. The SMILES string of the molecule is C.CC(C)CC(C)(C)O.CC(C)CC(C)C.CC(C)CC(F)(F)F.CC(C)CC(F)F.CCOC(C)C. The molecule has 2 nitrogen and oxygen atoms in total. The van der Waals surface area contributed by atoms with Gasteiger partial charge in [0.1, 0.15) is 0 Å². The van der Waals surface area contributed by atoms with E-state index in [-0.39, 0.29) is 25.7 Å². The van der Waals surface area contributed by atoms with Crippen molar-refractivity contribution in [3.05, 3.63) is 0 Å². The average Bonchev–Trinajstić information content (AvgIpc) is 2.48. The summed E-state index contributed by atoms with van der Waals surface area (Å²) >= 11 is 0. The second-order valence-corrected chi connectivity index (χ2v) is 12.2. The quantitative estimate of drug-likeness (QED) is 0.287. The molecule has 0 aromatic carbocycles. The van der Waals surface area contributed by atoms with Crippen molar-refractivity contribution in [1.82, 2.24) is 0 Å². The van der Waals surface area contributed by atoms with Crippen LogP contribution in [0, 0.1) is 29.6 Å². The molecule has 0 saturated carbocycles. The lowest BCUT2D eigenvalue weighted by Gasteiger charge is -2.18. The number of rotatable bonds is 9. The van der Waals surface area contributed by atoms with Crippen molar-refractivity contribution in [2.75, 3.05) is 6.61 Å². The van der Waals surface area contributed by atoms with Gasteiger partial charge in [-0.3, -0.25) is 0 Å². The molecule has 1 N–H and O–H groups in total. The van der Waals surface area contributed by atoms with Gasteiger partial charge in [0.25, 0.3) is 0 Å². The number of halogens is 5. The Hall–Kier alpha value is -0.430. The molecule has 0 atom stereocenters. The summed E-state index contributed by atoms with van der Waals surface area (Å²) in [4.78, 5) is 0. The summed E-state index contributed by atoms with van der Waals surface area (Å²) < 4.78 is 61.5. The van der Waals surface area contributed by atoms with Gasteiger partial charge in [0.15, 0.2) is 0 Å². The van der Waals surface area contributed by atoms with Crippen molar-refractivity contribution in [3.8, 4) is 0 Å². The highest BCUT2D eigenvalue weighted by atomic mass is 19.4. The highest BCUT2D eigenvalue weighted by Gasteiger charge is 2.27. The molecule has 234 valence electrons. The molecule has 0 spiro atoms. The van der Waals surface area contributed by atoms with Crippen molar-refractivity contribution in [2.24, 2.45) is 29.6 Å². The first kappa shape index (κ1) is 49.5. The molecule has 0 heterocycles. The molecular weight excluding hydrogens is 487 g/mol. The van der Waals surface area contributed by atoms with Gasteiger partial charge in [-0.15, -0.1) is 0 Å². The minimum atomic E-state index is -3.98. The third kappa shape index (κ3) is 94.7. The van der Waals surface area contributed by atoms with Crippen LogP contribution in [0.3, 0.4) is 0 Å². The van der Waals surface area contributed by atoms with Gasteiger partial charge in [0, 0.05) is 19.4 Å². The summed E-state index contributed by atoms with van der Waals surface area (Å²) in [5, 5.41) is 9.19. The average molecular weight is 555 g/mol. The molecule has 0 radical (unpaired) electrons. The van der Waals surface area contributed by atoms with E-state index >= 15 is 0 Å². The van der Waals surface area contributed by atoms with Crippen LogP contribution in [0.1, 0.15) is 137 Å². The Morgan fingerprint density at radius 1 is 0.622 bits per heavy atom. The Morgan fingerprint density at radius 2 is 0.946 bits per heavy atom. The van der Waals surface area contributed by atoms with E-state index in [1.54, 1.807) is 27.7 Å². The molecule has 0 amide bonds. The van der Waals surface area contributed by atoms with Gasteiger partial charge in [-0.2, -0.15) is 13.2 Å². The van der Waals surface area contributed by atoms with Crippen LogP contribution in [0.15, 0.2) is 0 Å². The number of alkyl halides is 5. The number of aliphatic hydroxyl groups is 1. The third-order valence-electron chi connectivity index (χ3n) is 3.64. The van der Waals surface area contributed by atoms with Crippen LogP contribution in [-0.4, -0.2) is 36.0 Å². The van der Waals surface area contributed by atoms with Crippen molar-refractivity contribution in [2.45, 2.75) is 161 Å². The van der Waals surface area contributed by atoms with Gasteiger partial charge < -0.3 is 9.84 Å². The Labute approximate surface area is 229 Å². The minimum Gasteiger partial charge on any atom is -0.390 e. The molecule has 0 aliphatic heterocycles. The molecule has 0 bridgehead atoms. The third-order valence-corrected chi connectivity index (χ3v) is 3.64. The topological polar surface area (TPSA) is 29.5 Å². The van der Waals surface area contributed by atoms with E-state index in [1.807, 2.05) is 34.6 Å². The fourth-order valence-corrected chi connectivity index (χ4v) is 3.09. The zero-order chi connectivity index (χ0) is 30.3. The van der Waals surface area contributed by atoms with Crippen molar-refractivity contribution >= 4 is 0 Å². The van der Waals surface area contributed by atoms with Crippen LogP contribution in [0.25, 0.3) is 0 Å². The Balaban J connectivity index is -0.0000000809. The first-order valence-corrected chi connectivity index (χ1v) is 13.5.